The van der Waals surface area contributed by atoms with Crippen molar-refractivity contribution in [3.63, 3.8) is 0 Å². The van der Waals surface area contributed by atoms with E-state index in [9.17, 15) is 14.4 Å². The summed E-state index contributed by atoms with van der Waals surface area (Å²) in [6.07, 6.45) is 3.84. The molecule has 0 saturated carbocycles. The van der Waals surface area contributed by atoms with Crippen LogP contribution in [0, 0.1) is 0 Å². The summed E-state index contributed by atoms with van der Waals surface area (Å²) in [7, 11) is 0. The molecule has 2 aromatic carbocycles. The van der Waals surface area contributed by atoms with E-state index in [0.717, 1.165) is 33.8 Å². The maximum absolute atomic E-state index is 11.6. The van der Waals surface area contributed by atoms with E-state index in [4.69, 9.17) is 15.6 Å². The number of nitrogens with zero attached hydrogens (tertiary/aromatic N) is 1. The summed E-state index contributed by atoms with van der Waals surface area (Å²) < 4.78 is 7.88. The Morgan fingerprint density at radius 3 is 2.62 bits per heavy atom. The minimum atomic E-state index is -1.02. The number of nitrogens with one attached hydrogen (secondary N) is 1. The highest BCUT2D eigenvalue weighted by Crippen LogP contribution is 2.26. The summed E-state index contributed by atoms with van der Waals surface area (Å²) in [5, 5.41) is 12.0. The molecule has 1 aromatic heterocycles. The van der Waals surface area contributed by atoms with Gasteiger partial charge in [0.15, 0.2) is 0 Å². The van der Waals surface area contributed by atoms with Crippen LogP contribution in [0.4, 0.5) is 4.79 Å². The molecule has 0 radical (unpaired) electrons. The number of thioether (sulfide) groups is 1. The number of carboxylic acid groups (broad SMARTS) is 1. The first-order valence-electron chi connectivity index (χ1n) is 9.93. The number of imide groups is 1. The number of rotatable bonds is 8. The largest absolute Gasteiger partial charge is 0.492 e. The Balaban J connectivity index is 1.40. The number of hydrogen-bond acceptors (Lipinski definition) is 6. The van der Waals surface area contributed by atoms with Gasteiger partial charge in [-0.15, -0.1) is 0 Å². The second-order valence-corrected chi connectivity index (χ2v) is 8.30. The summed E-state index contributed by atoms with van der Waals surface area (Å²) >= 11 is 0.879. The van der Waals surface area contributed by atoms with Gasteiger partial charge in [0, 0.05) is 23.5 Å². The standard InChI is InChI=1S/C23H21N3O5S/c24-18(22(28)29)12-15-13-26(19-4-2-1-3-17(15)19)9-10-31-16-7-5-14(6-8-16)11-20-21(27)25-23(30)32-20/h1-8,11,13,18H,9-10,12,24H2,(H,28,29)(H,25,27,30)/b20-11-. The van der Waals surface area contributed by atoms with Gasteiger partial charge in [-0.05, 0) is 47.2 Å². The number of benzene rings is 2. The lowest BCUT2D eigenvalue weighted by atomic mass is 10.1. The van der Waals surface area contributed by atoms with Gasteiger partial charge in [-0.1, -0.05) is 30.3 Å². The molecule has 2 heterocycles. The molecule has 4 rings (SSSR count). The zero-order valence-electron chi connectivity index (χ0n) is 17.0. The molecule has 2 amide bonds. The summed E-state index contributed by atoms with van der Waals surface area (Å²) in [5.74, 6) is -0.734. The first-order chi connectivity index (χ1) is 15.4. The average molecular weight is 452 g/mol. The highest BCUT2D eigenvalue weighted by atomic mass is 32.2. The lowest BCUT2D eigenvalue weighted by Crippen LogP contribution is -2.32. The predicted octanol–water partition coefficient (Wildman–Crippen LogP) is 3.00. The lowest BCUT2D eigenvalue weighted by molar-refractivity contribution is -0.138. The third-order valence-electron chi connectivity index (χ3n) is 5.05. The topological polar surface area (TPSA) is 124 Å². The van der Waals surface area contributed by atoms with Crippen molar-refractivity contribution in [1.29, 1.82) is 0 Å². The highest BCUT2D eigenvalue weighted by Gasteiger charge is 2.24. The number of carbonyl (C=O) groups excluding carboxylic acids is 2. The summed E-state index contributed by atoms with van der Waals surface area (Å²) in [6, 6.07) is 14.1. The third-order valence-corrected chi connectivity index (χ3v) is 5.86. The molecule has 3 aromatic rings. The second-order valence-electron chi connectivity index (χ2n) is 7.28. The molecule has 1 atom stereocenters. The van der Waals surface area contributed by atoms with Crippen molar-refractivity contribution in [2.24, 2.45) is 5.73 Å². The maximum atomic E-state index is 11.6. The average Bonchev–Trinajstić information content (AvgIpc) is 3.28. The minimum Gasteiger partial charge on any atom is -0.492 e. The van der Waals surface area contributed by atoms with E-state index in [2.05, 4.69) is 5.32 Å². The van der Waals surface area contributed by atoms with Gasteiger partial charge in [0.1, 0.15) is 18.4 Å². The summed E-state index contributed by atoms with van der Waals surface area (Å²) in [6.45, 7) is 0.990. The number of para-hydroxylation sites is 1. The molecule has 32 heavy (non-hydrogen) atoms. The molecule has 1 aliphatic rings. The van der Waals surface area contributed by atoms with Crippen molar-refractivity contribution in [2.75, 3.05) is 6.61 Å². The van der Waals surface area contributed by atoms with Crippen molar-refractivity contribution in [3.05, 3.63) is 70.8 Å². The van der Waals surface area contributed by atoms with E-state index in [0.29, 0.717) is 23.8 Å². The van der Waals surface area contributed by atoms with Gasteiger partial charge in [0.25, 0.3) is 11.1 Å². The zero-order valence-corrected chi connectivity index (χ0v) is 17.8. The van der Waals surface area contributed by atoms with Gasteiger partial charge >= 0.3 is 5.97 Å². The first-order valence-corrected chi connectivity index (χ1v) is 10.8. The van der Waals surface area contributed by atoms with Gasteiger partial charge in [-0.25, -0.2) is 0 Å². The van der Waals surface area contributed by atoms with Crippen LogP contribution in [0.2, 0.25) is 0 Å². The van der Waals surface area contributed by atoms with Crippen LogP contribution in [0.1, 0.15) is 11.1 Å². The van der Waals surface area contributed by atoms with Crippen molar-refractivity contribution < 1.29 is 24.2 Å². The van der Waals surface area contributed by atoms with Gasteiger partial charge < -0.3 is 20.1 Å². The van der Waals surface area contributed by atoms with Gasteiger partial charge in [0.05, 0.1) is 11.4 Å². The minimum absolute atomic E-state index is 0.253. The van der Waals surface area contributed by atoms with Gasteiger partial charge in [-0.2, -0.15) is 0 Å². The molecule has 4 N–H and O–H groups in total. The molecular formula is C23H21N3O5S. The number of carboxylic acids is 1. The van der Waals surface area contributed by atoms with Crippen molar-refractivity contribution in [1.82, 2.24) is 9.88 Å². The Morgan fingerprint density at radius 2 is 1.94 bits per heavy atom. The number of fused-ring (bicyclic) bond motifs is 1. The van der Waals surface area contributed by atoms with Crippen LogP contribution in [-0.4, -0.2) is 39.4 Å². The number of ether oxygens (including phenoxy) is 1. The fraction of sp³-hybridized carbons (Fsp3) is 0.174. The molecule has 0 spiro atoms. The molecule has 1 aliphatic heterocycles. The number of amides is 2. The van der Waals surface area contributed by atoms with Crippen molar-refractivity contribution in [2.45, 2.75) is 19.0 Å². The summed E-state index contributed by atoms with van der Waals surface area (Å²) in [4.78, 5) is 34.4. The van der Waals surface area contributed by atoms with E-state index in [1.165, 1.54) is 0 Å². The molecule has 164 valence electrons. The van der Waals surface area contributed by atoms with Crippen LogP contribution < -0.4 is 15.8 Å². The number of aromatic nitrogens is 1. The molecule has 8 nitrogen and oxygen atoms in total. The van der Waals surface area contributed by atoms with E-state index in [1.54, 1.807) is 18.2 Å². The zero-order chi connectivity index (χ0) is 22.7. The Morgan fingerprint density at radius 1 is 1.19 bits per heavy atom. The normalized spacial score (nSPS) is 15.8. The fourth-order valence-corrected chi connectivity index (χ4v) is 4.17. The smallest absolute Gasteiger partial charge is 0.320 e. The second kappa shape index (κ2) is 9.29. The summed E-state index contributed by atoms with van der Waals surface area (Å²) in [5.41, 5.74) is 8.40. The quantitative estimate of drug-likeness (QED) is 0.450. The Hall–Kier alpha value is -3.56. The lowest BCUT2D eigenvalue weighted by Gasteiger charge is -2.09. The van der Waals surface area contributed by atoms with Crippen molar-refractivity contribution >= 4 is 45.9 Å². The van der Waals surface area contributed by atoms with E-state index in [-0.39, 0.29) is 17.6 Å². The third kappa shape index (κ3) is 4.84. The van der Waals surface area contributed by atoms with Gasteiger partial charge in [-0.3, -0.25) is 19.7 Å². The number of nitrogens with two attached hydrogens (primary N) is 1. The van der Waals surface area contributed by atoms with Crippen molar-refractivity contribution in [3.8, 4) is 5.75 Å². The molecule has 1 unspecified atom stereocenters. The van der Waals surface area contributed by atoms with Gasteiger partial charge in [0.2, 0.25) is 0 Å². The van der Waals surface area contributed by atoms with E-state index < -0.39 is 12.0 Å². The van der Waals surface area contributed by atoms with Crippen LogP contribution in [0.15, 0.2) is 59.6 Å². The fourth-order valence-electron chi connectivity index (χ4n) is 3.49. The predicted molar refractivity (Wildman–Crippen MR) is 122 cm³/mol. The SMILES string of the molecule is NC(Cc1cn(CCOc2ccc(/C=C3\SC(=O)NC3=O)cc2)c2ccccc12)C(=O)O. The van der Waals surface area contributed by atoms with Crippen LogP contribution in [0.5, 0.6) is 5.75 Å². The molecule has 9 heteroatoms. The number of carbonyl (C=O) groups is 3. The molecule has 1 saturated heterocycles. The molecule has 0 aliphatic carbocycles. The number of aliphatic carboxylic acids is 1. The number of hydrogen-bond donors (Lipinski definition) is 3. The molecule has 1 fully saturated rings. The van der Waals surface area contributed by atoms with Crippen LogP contribution >= 0.6 is 11.8 Å². The van der Waals surface area contributed by atoms with E-state index in [1.807, 2.05) is 47.2 Å². The van der Waals surface area contributed by atoms with Crippen LogP contribution in [0.3, 0.4) is 0 Å². The maximum Gasteiger partial charge on any atom is 0.320 e. The highest BCUT2D eigenvalue weighted by molar-refractivity contribution is 8.18. The Kier molecular flexibility index (Phi) is 6.29. The van der Waals surface area contributed by atoms with E-state index >= 15 is 0 Å². The monoisotopic (exact) mass is 451 g/mol. The van der Waals surface area contributed by atoms with Crippen LogP contribution in [0.25, 0.3) is 17.0 Å². The molecular weight excluding hydrogens is 430 g/mol. The molecule has 0 bridgehead atoms. The first kappa shape index (κ1) is 21.7. The Labute approximate surface area is 188 Å². The van der Waals surface area contributed by atoms with Crippen LogP contribution in [-0.2, 0) is 22.6 Å². The Bertz CT molecular complexity index is 1220.